The Balaban J connectivity index is 1.99. The van der Waals surface area contributed by atoms with E-state index in [1.165, 1.54) is 0 Å². The summed E-state index contributed by atoms with van der Waals surface area (Å²) in [5.74, 6) is 1.28. The lowest BCUT2D eigenvalue weighted by Crippen LogP contribution is -2.06. The Morgan fingerprint density at radius 1 is 1.37 bits per heavy atom. The molecule has 4 nitrogen and oxygen atoms in total. The first-order valence-electron chi connectivity index (χ1n) is 6.31. The molecule has 1 aromatic carbocycles. The second-order valence-electron chi connectivity index (χ2n) is 4.86. The molecule has 4 heteroatoms. The van der Waals surface area contributed by atoms with Crippen LogP contribution in [0.4, 0.5) is 5.82 Å². The van der Waals surface area contributed by atoms with E-state index in [0.29, 0.717) is 18.0 Å². The van der Waals surface area contributed by atoms with E-state index in [1.54, 1.807) is 6.20 Å². The predicted molar refractivity (Wildman–Crippen MR) is 73.1 cm³/mol. The van der Waals surface area contributed by atoms with E-state index >= 15 is 0 Å². The van der Waals surface area contributed by atoms with Crippen molar-refractivity contribution in [2.24, 2.45) is 0 Å². The first-order valence-corrected chi connectivity index (χ1v) is 6.31. The number of hydrogen-bond donors (Lipinski definition) is 2. The molecule has 0 saturated carbocycles. The number of anilines is 1. The second kappa shape index (κ2) is 4.55. The quantitative estimate of drug-likeness (QED) is 0.862. The predicted octanol–water partition coefficient (Wildman–Crippen LogP) is 1.99. The van der Waals surface area contributed by atoms with Crippen molar-refractivity contribution in [1.82, 2.24) is 4.98 Å². The summed E-state index contributed by atoms with van der Waals surface area (Å²) in [4.78, 5) is 4.09. The number of aliphatic hydroxyl groups is 1. The number of rotatable bonds is 2. The Morgan fingerprint density at radius 3 is 3.05 bits per heavy atom. The lowest BCUT2D eigenvalue weighted by molar-refractivity contribution is 0.220. The van der Waals surface area contributed by atoms with Gasteiger partial charge in [-0.25, -0.2) is 4.98 Å². The molecule has 1 atom stereocenters. The largest absolute Gasteiger partial charge is 0.493 e. The number of nitrogen functional groups attached to an aromatic ring is 1. The van der Waals surface area contributed by atoms with E-state index in [1.807, 2.05) is 31.2 Å². The van der Waals surface area contributed by atoms with Gasteiger partial charge in [0.2, 0.25) is 0 Å². The Labute approximate surface area is 111 Å². The van der Waals surface area contributed by atoms with Gasteiger partial charge < -0.3 is 15.6 Å². The van der Waals surface area contributed by atoms with Crippen molar-refractivity contribution in [2.75, 3.05) is 12.3 Å². The topological polar surface area (TPSA) is 68.4 Å². The van der Waals surface area contributed by atoms with Crippen molar-refractivity contribution in [2.45, 2.75) is 19.4 Å². The summed E-state index contributed by atoms with van der Waals surface area (Å²) in [5.41, 5.74) is 9.43. The Hall–Kier alpha value is -2.07. The van der Waals surface area contributed by atoms with Gasteiger partial charge in [-0.15, -0.1) is 0 Å². The van der Waals surface area contributed by atoms with Crippen LogP contribution >= 0.6 is 0 Å². The molecule has 19 heavy (non-hydrogen) atoms. The monoisotopic (exact) mass is 256 g/mol. The number of nitrogens with two attached hydrogens (primary N) is 1. The molecule has 0 fully saturated rings. The van der Waals surface area contributed by atoms with Gasteiger partial charge in [0, 0.05) is 18.2 Å². The highest BCUT2D eigenvalue weighted by molar-refractivity contribution is 5.48. The number of aryl methyl sites for hydroxylation is 1. The third-order valence-corrected chi connectivity index (χ3v) is 3.41. The summed E-state index contributed by atoms with van der Waals surface area (Å²) < 4.78 is 5.46. The van der Waals surface area contributed by atoms with Gasteiger partial charge in [-0.05, 0) is 41.8 Å². The molecule has 2 aromatic rings. The zero-order chi connectivity index (χ0) is 13.4. The highest BCUT2D eigenvalue weighted by Crippen LogP contribution is 2.32. The minimum absolute atomic E-state index is 0.370. The number of nitrogens with zero attached hydrogens (tertiary/aromatic N) is 1. The van der Waals surface area contributed by atoms with Crippen LogP contribution in [-0.2, 0) is 6.42 Å². The maximum atomic E-state index is 10.5. The molecule has 0 spiro atoms. The van der Waals surface area contributed by atoms with E-state index in [0.717, 1.165) is 28.9 Å². The number of aliphatic hydroxyl groups excluding tert-OH is 1. The molecular formula is C15H16N2O2. The van der Waals surface area contributed by atoms with Crippen LogP contribution in [0.15, 0.2) is 30.5 Å². The minimum Gasteiger partial charge on any atom is -0.493 e. The van der Waals surface area contributed by atoms with Gasteiger partial charge in [-0.1, -0.05) is 6.07 Å². The van der Waals surface area contributed by atoms with Crippen LogP contribution in [0.25, 0.3) is 0 Å². The van der Waals surface area contributed by atoms with Crippen LogP contribution in [0.5, 0.6) is 5.75 Å². The van der Waals surface area contributed by atoms with E-state index in [9.17, 15) is 5.11 Å². The van der Waals surface area contributed by atoms with Gasteiger partial charge in [0.25, 0.3) is 0 Å². The summed E-state index contributed by atoms with van der Waals surface area (Å²) in [6.07, 6.45) is 1.83. The SMILES string of the molecule is Cc1cnc(N)c(C(O)c2ccc3c(c2)CCO3)c1. The van der Waals surface area contributed by atoms with Crippen molar-refractivity contribution < 1.29 is 9.84 Å². The standard InChI is InChI=1S/C15H16N2O2/c1-9-6-12(15(16)17-8-9)14(18)11-2-3-13-10(7-11)4-5-19-13/h2-3,6-8,14,18H,4-5H2,1H3,(H2,16,17). The molecule has 1 aromatic heterocycles. The van der Waals surface area contributed by atoms with Gasteiger partial charge in [0.15, 0.2) is 0 Å². The number of benzene rings is 1. The summed E-state index contributed by atoms with van der Waals surface area (Å²) in [7, 11) is 0. The van der Waals surface area contributed by atoms with Crippen LogP contribution in [0.1, 0.15) is 28.4 Å². The molecule has 0 radical (unpaired) electrons. The molecule has 2 heterocycles. The molecule has 1 aliphatic rings. The molecule has 1 unspecified atom stereocenters. The maximum absolute atomic E-state index is 10.5. The van der Waals surface area contributed by atoms with Crippen molar-refractivity contribution >= 4 is 5.82 Å². The van der Waals surface area contributed by atoms with Crippen molar-refractivity contribution in [3.8, 4) is 5.75 Å². The zero-order valence-corrected chi connectivity index (χ0v) is 10.8. The van der Waals surface area contributed by atoms with Gasteiger partial charge in [-0.2, -0.15) is 0 Å². The normalized spacial score (nSPS) is 14.8. The Morgan fingerprint density at radius 2 is 2.21 bits per heavy atom. The van der Waals surface area contributed by atoms with Gasteiger partial charge in [-0.3, -0.25) is 0 Å². The minimum atomic E-state index is -0.752. The zero-order valence-electron chi connectivity index (χ0n) is 10.8. The molecule has 3 rings (SSSR count). The third-order valence-electron chi connectivity index (χ3n) is 3.41. The van der Waals surface area contributed by atoms with Crippen LogP contribution in [0.2, 0.25) is 0 Å². The first-order chi connectivity index (χ1) is 9.15. The van der Waals surface area contributed by atoms with E-state index in [2.05, 4.69) is 4.98 Å². The van der Waals surface area contributed by atoms with E-state index in [4.69, 9.17) is 10.5 Å². The highest BCUT2D eigenvalue weighted by atomic mass is 16.5. The number of pyridine rings is 1. The fourth-order valence-corrected chi connectivity index (χ4v) is 2.38. The Bertz CT molecular complexity index is 626. The van der Waals surface area contributed by atoms with Crippen molar-refractivity contribution in [3.63, 3.8) is 0 Å². The lowest BCUT2D eigenvalue weighted by atomic mass is 9.98. The lowest BCUT2D eigenvalue weighted by Gasteiger charge is -2.14. The van der Waals surface area contributed by atoms with E-state index < -0.39 is 6.10 Å². The average Bonchev–Trinajstić information content (AvgIpc) is 2.88. The van der Waals surface area contributed by atoms with Crippen LogP contribution in [0, 0.1) is 6.92 Å². The van der Waals surface area contributed by atoms with Crippen LogP contribution in [0.3, 0.4) is 0 Å². The van der Waals surface area contributed by atoms with Crippen molar-refractivity contribution in [3.05, 3.63) is 52.7 Å². The first kappa shape index (κ1) is 12.0. The average molecular weight is 256 g/mol. The molecule has 3 N–H and O–H groups in total. The fourth-order valence-electron chi connectivity index (χ4n) is 2.38. The Kier molecular flexibility index (Phi) is 2.87. The summed E-state index contributed by atoms with van der Waals surface area (Å²) in [6, 6.07) is 7.63. The van der Waals surface area contributed by atoms with Gasteiger partial charge in [0.1, 0.15) is 17.7 Å². The molecular weight excluding hydrogens is 240 g/mol. The molecule has 1 aliphatic heterocycles. The fraction of sp³-hybridized carbons (Fsp3) is 0.267. The number of hydrogen-bond acceptors (Lipinski definition) is 4. The number of aromatic nitrogens is 1. The summed E-state index contributed by atoms with van der Waals surface area (Å²) in [5, 5.41) is 10.5. The van der Waals surface area contributed by atoms with Crippen LogP contribution < -0.4 is 10.5 Å². The second-order valence-corrected chi connectivity index (χ2v) is 4.86. The van der Waals surface area contributed by atoms with Gasteiger partial charge >= 0.3 is 0 Å². The van der Waals surface area contributed by atoms with Gasteiger partial charge in [0.05, 0.1) is 6.61 Å². The molecule has 0 amide bonds. The molecule has 0 aliphatic carbocycles. The summed E-state index contributed by atoms with van der Waals surface area (Å²) >= 11 is 0. The van der Waals surface area contributed by atoms with Crippen molar-refractivity contribution in [1.29, 1.82) is 0 Å². The third kappa shape index (κ3) is 2.15. The summed E-state index contributed by atoms with van der Waals surface area (Å²) in [6.45, 7) is 2.64. The maximum Gasteiger partial charge on any atom is 0.129 e. The highest BCUT2D eigenvalue weighted by Gasteiger charge is 2.18. The van der Waals surface area contributed by atoms with E-state index in [-0.39, 0.29) is 0 Å². The smallest absolute Gasteiger partial charge is 0.129 e. The molecule has 0 bridgehead atoms. The van der Waals surface area contributed by atoms with Crippen LogP contribution in [-0.4, -0.2) is 16.7 Å². The number of ether oxygens (including phenoxy) is 1. The molecule has 0 saturated heterocycles. The number of fused-ring (bicyclic) bond motifs is 1. The molecule has 98 valence electrons.